The minimum atomic E-state index is -0.370. The predicted molar refractivity (Wildman–Crippen MR) is 106 cm³/mol. The molecule has 1 aliphatic heterocycles. The Bertz CT molecular complexity index is 740. The summed E-state index contributed by atoms with van der Waals surface area (Å²) in [6.07, 6.45) is 1.52. The highest BCUT2D eigenvalue weighted by Crippen LogP contribution is 2.44. The average molecular weight is 392 g/mol. The van der Waals surface area contributed by atoms with Gasteiger partial charge in [-0.2, -0.15) is 0 Å². The van der Waals surface area contributed by atoms with Gasteiger partial charge in [0.25, 0.3) is 0 Å². The lowest BCUT2D eigenvalue weighted by Gasteiger charge is -2.43. The second kappa shape index (κ2) is 7.99. The van der Waals surface area contributed by atoms with Crippen LogP contribution >= 0.6 is 23.2 Å². The maximum Gasteiger partial charge on any atom is 0.220 e. The van der Waals surface area contributed by atoms with Gasteiger partial charge in [-0.25, -0.2) is 0 Å². The van der Waals surface area contributed by atoms with E-state index in [1.165, 1.54) is 0 Å². The van der Waals surface area contributed by atoms with Crippen molar-refractivity contribution in [2.45, 2.75) is 50.9 Å². The van der Waals surface area contributed by atoms with Gasteiger partial charge in [0.15, 0.2) is 0 Å². The van der Waals surface area contributed by atoms with Crippen LogP contribution in [0.5, 0.6) is 0 Å². The van der Waals surface area contributed by atoms with Crippen molar-refractivity contribution in [2.75, 3.05) is 0 Å². The minimum absolute atomic E-state index is 0.0455. The normalized spacial score (nSPS) is 25.7. The first-order valence-corrected chi connectivity index (χ1v) is 9.61. The lowest BCUT2D eigenvalue weighted by Crippen LogP contribution is -2.50. The Morgan fingerprint density at radius 1 is 1.08 bits per heavy atom. The van der Waals surface area contributed by atoms with Gasteiger partial charge in [-0.1, -0.05) is 54.4 Å². The Labute approximate surface area is 164 Å². The molecule has 1 saturated heterocycles. The van der Waals surface area contributed by atoms with E-state index in [9.17, 15) is 4.79 Å². The lowest BCUT2D eigenvalue weighted by molar-refractivity contribution is -0.128. The van der Waals surface area contributed by atoms with Crippen LogP contribution in [0, 0.1) is 0 Å². The quantitative estimate of drug-likeness (QED) is 0.707. The number of carbonyl (C=O) groups excluding carboxylic acids is 1. The van der Waals surface area contributed by atoms with E-state index < -0.39 is 0 Å². The van der Waals surface area contributed by atoms with Crippen LogP contribution in [0.3, 0.4) is 0 Å². The SMILES string of the molecule is CCC(=O)NC1(C)C[C@@H](c2cccc(Cl)c2)O[C@@H](c2cccc(Cl)c2)C1. The van der Waals surface area contributed by atoms with Crippen molar-refractivity contribution >= 4 is 29.1 Å². The molecule has 1 unspecified atom stereocenters. The number of hydrogen-bond acceptors (Lipinski definition) is 2. The summed E-state index contributed by atoms with van der Waals surface area (Å²) in [6.45, 7) is 3.94. The number of halogens is 2. The topological polar surface area (TPSA) is 38.3 Å². The molecule has 1 heterocycles. The van der Waals surface area contributed by atoms with E-state index in [1.54, 1.807) is 0 Å². The molecule has 26 heavy (non-hydrogen) atoms. The molecule has 0 saturated carbocycles. The van der Waals surface area contributed by atoms with E-state index in [1.807, 2.05) is 55.5 Å². The number of rotatable bonds is 4. The second-order valence-corrected chi connectivity index (χ2v) is 7.97. The Morgan fingerprint density at radius 2 is 1.58 bits per heavy atom. The number of hydrogen-bond donors (Lipinski definition) is 1. The number of carbonyl (C=O) groups is 1. The van der Waals surface area contributed by atoms with Crippen molar-refractivity contribution in [3.05, 3.63) is 69.7 Å². The Morgan fingerprint density at radius 3 is 2.00 bits per heavy atom. The van der Waals surface area contributed by atoms with Crippen LogP contribution in [0.4, 0.5) is 0 Å². The minimum Gasteiger partial charge on any atom is -0.365 e. The molecule has 1 fully saturated rings. The van der Waals surface area contributed by atoms with Crippen LogP contribution in [0.15, 0.2) is 48.5 Å². The number of nitrogens with one attached hydrogen (secondary N) is 1. The largest absolute Gasteiger partial charge is 0.365 e. The first kappa shape index (κ1) is 19.2. The van der Waals surface area contributed by atoms with Gasteiger partial charge in [-0.05, 0) is 42.3 Å². The summed E-state index contributed by atoms with van der Waals surface area (Å²) >= 11 is 12.3. The molecule has 5 heteroatoms. The average Bonchev–Trinajstić information content (AvgIpc) is 2.61. The smallest absolute Gasteiger partial charge is 0.220 e. The zero-order valence-electron chi connectivity index (χ0n) is 15.0. The molecular weight excluding hydrogens is 369 g/mol. The fourth-order valence-electron chi connectivity index (χ4n) is 3.53. The summed E-state index contributed by atoms with van der Waals surface area (Å²) in [5.74, 6) is 0.0455. The maximum absolute atomic E-state index is 12.1. The molecule has 0 bridgehead atoms. The molecule has 1 aliphatic rings. The first-order valence-electron chi connectivity index (χ1n) is 8.86. The molecule has 1 amide bonds. The predicted octanol–water partition coefficient (Wildman–Crippen LogP) is 5.87. The van der Waals surface area contributed by atoms with Crippen molar-refractivity contribution in [1.29, 1.82) is 0 Å². The summed E-state index contributed by atoms with van der Waals surface area (Å²) in [4.78, 5) is 12.1. The Hall–Kier alpha value is -1.55. The molecule has 138 valence electrons. The van der Waals surface area contributed by atoms with Crippen molar-refractivity contribution < 1.29 is 9.53 Å². The van der Waals surface area contributed by atoms with E-state index in [0.29, 0.717) is 29.3 Å². The third-order valence-corrected chi connectivity index (χ3v) is 5.27. The standard InChI is InChI=1S/C21H23Cl2NO2/c1-3-20(25)24-21(2)12-18(14-6-4-8-16(22)10-14)26-19(13-21)15-7-5-9-17(23)11-15/h4-11,18-19H,3,12-13H2,1-2H3,(H,24,25)/t18-,19+,21?. The highest BCUT2D eigenvalue weighted by atomic mass is 35.5. The third-order valence-electron chi connectivity index (χ3n) is 4.80. The highest BCUT2D eigenvalue weighted by Gasteiger charge is 2.40. The lowest BCUT2D eigenvalue weighted by atomic mass is 9.81. The van der Waals surface area contributed by atoms with Crippen molar-refractivity contribution in [2.24, 2.45) is 0 Å². The van der Waals surface area contributed by atoms with E-state index in [4.69, 9.17) is 27.9 Å². The van der Waals surface area contributed by atoms with Gasteiger partial charge in [-0.3, -0.25) is 4.79 Å². The van der Waals surface area contributed by atoms with Crippen LogP contribution in [0.25, 0.3) is 0 Å². The molecule has 3 rings (SSSR count). The second-order valence-electron chi connectivity index (χ2n) is 7.09. The summed E-state index contributed by atoms with van der Waals surface area (Å²) in [7, 11) is 0. The molecule has 3 nitrogen and oxygen atoms in total. The molecule has 2 aromatic carbocycles. The monoisotopic (exact) mass is 391 g/mol. The zero-order valence-corrected chi connectivity index (χ0v) is 16.5. The molecule has 0 aromatic heterocycles. The molecule has 2 aromatic rings. The van der Waals surface area contributed by atoms with Gasteiger partial charge in [0, 0.05) is 34.8 Å². The van der Waals surface area contributed by atoms with E-state index in [2.05, 4.69) is 12.2 Å². The van der Waals surface area contributed by atoms with Crippen LogP contribution in [-0.4, -0.2) is 11.4 Å². The fourth-order valence-corrected chi connectivity index (χ4v) is 3.93. The van der Waals surface area contributed by atoms with Gasteiger partial charge in [0.05, 0.1) is 12.2 Å². The van der Waals surface area contributed by atoms with Crippen LogP contribution in [-0.2, 0) is 9.53 Å². The fraction of sp³-hybridized carbons (Fsp3) is 0.381. The third kappa shape index (κ3) is 4.59. The van der Waals surface area contributed by atoms with Gasteiger partial charge in [0.1, 0.15) is 0 Å². The summed E-state index contributed by atoms with van der Waals surface area (Å²) < 4.78 is 6.41. The van der Waals surface area contributed by atoms with E-state index in [-0.39, 0.29) is 23.7 Å². The highest BCUT2D eigenvalue weighted by molar-refractivity contribution is 6.30. The van der Waals surface area contributed by atoms with Crippen LogP contribution in [0.2, 0.25) is 10.0 Å². The zero-order chi connectivity index (χ0) is 18.7. The van der Waals surface area contributed by atoms with Crippen molar-refractivity contribution in [3.8, 4) is 0 Å². The molecule has 0 spiro atoms. The summed E-state index contributed by atoms with van der Waals surface area (Å²) in [5.41, 5.74) is 1.66. The van der Waals surface area contributed by atoms with Gasteiger partial charge in [-0.15, -0.1) is 0 Å². The molecule has 0 radical (unpaired) electrons. The molecular formula is C21H23Cl2NO2. The van der Waals surface area contributed by atoms with Gasteiger partial charge >= 0.3 is 0 Å². The Kier molecular flexibility index (Phi) is 5.91. The van der Waals surface area contributed by atoms with Crippen LogP contribution in [0.1, 0.15) is 56.4 Å². The maximum atomic E-state index is 12.1. The number of ether oxygens (including phenoxy) is 1. The molecule has 0 aliphatic carbocycles. The molecule has 3 atom stereocenters. The van der Waals surface area contributed by atoms with Gasteiger partial charge < -0.3 is 10.1 Å². The summed E-state index contributed by atoms with van der Waals surface area (Å²) in [5, 5.41) is 4.54. The number of amides is 1. The van der Waals surface area contributed by atoms with Crippen molar-refractivity contribution in [1.82, 2.24) is 5.32 Å². The summed E-state index contributed by atoms with van der Waals surface area (Å²) in [6, 6.07) is 15.4. The first-order chi connectivity index (χ1) is 12.4. The van der Waals surface area contributed by atoms with Crippen LogP contribution < -0.4 is 5.32 Å². The number of benzene rings is 2. The van der Waals surface area contributed by atoms with E-state index >= 15 is 0 Å². The van der Waals surface area contributed by atoms with E-state index in [0.717, 1.165) is 11.1 Å². The molecule has 1 N–H and O–H groups in total. The van der Waals surface area contributed by atoms with Gasteiger partial charge in [0.2, 0.25) is 5.91 Å². The van der Waals surface area contributed by atoms with Crippen molar-refractivity contribution in [3.63, 3.8) is 0 Å². The Balaban J connectivity index is 1.93.